The van der Waals surface area contributed by atoms with Gasteiger partial charge in [-0.25, -0.2) is 0 Å². The second-order valence-corrected chi connectivity index (χ2v) is 5.72. The molecule has 1 aliphatic rings. The Bertz CT molecular complexity index is 367. The first-order valence-corrected chi connectivity index (χ1v) is 7.13. The van der Waals surface area contributed by atoms with Gasteiger partial charge in [-0.15, -0.1) is 5.10 Å². The Morgan fingerprint density at radius 1 is 1.32 bits per heavy atom. The van der Waals surface area contributed by atoms with Gasteiger partial charge in [-0.05, 0) is 45.9 Å². The third-order valence-electron chi connectivity index (χ3n) is 3.77. The zero-order valence-electron chi connectivity index (χ0n) is 12.1. The van der Waals surface area contributed by atoms with Crippen LogP contribution in [0.2, 0.25) is 0 Å². The first-order valence-electron chi connectivity index (χ1n) is 7.13. The highest BCUT2D eigenvalue weighted by molar-refractivity contribution is 4.90. The van der Waals surface area contributed by atoms with Crippen molar-refractivity contribution in [1.82, 2.24) is 24.8 Å². The number of aromatic nitrogens is 3. The van der Waals surface area contributed by atoms with Crippen LogP contribution in [-0.4, -0.2) is 65.1 Å². The van der Waals surface area contributed by atoms with Crippen molar-refractivity contribution >= 4 is 0 Å². The van der Waals surface area contributed by atoms with Gasteiger partial charge in [0.25, 0.3) is 0 Å². The molecule has 1 aliphatic heterocycles. The summed E-state index contributed by atoms with van der Waals surface area (Å²) in [7, 11) is 4.32. The van der Waals surface area contributed by atoms with Crippen molar-refractivity contribution in [2.24, 2.45) is 11.7 Å². The smallest absolute Gasteiger partial charge is 0.0962 e. The molecular formula is C13H26N6. The predicted octanol–water partition coefficient (Wildman–Crippen LogP) is 0.0104. The molecule has 1 aromatic heterocycles. The summed E-state index contributed by atoms with van der Waals surface area (Å²) >= 11 is 0. The average molecular weight is 266 g/mol. The van der Waals surface area contributed by atoms with Crippen LogP contribution in [0.1, 0.15) is 18.5 Å². The van der Waals surface area contributed by atoms with Gasteiger partial charge in [0.15, 0.2) is 0 Å². The molecule has 2 N–H and O–H groups in total. The number of rotatable bonds is 6. The van der Waals surface area contributed by atoms with Crippen molar-refractivity contribution in [1.29, 1.82) is 0 Å². The minimum absolute atomic E-state index is 0.468. The van der Waals surface area contributed by atoms with Crippen LogP contribution < -0.4 is 5.73 Å². The Balaban J connectivity index is 1.68. The number of hydrogen-bond donors (Lipinski definition) is 1. The van der Waals surface area contributed by atoms with Crippen LogP contribution in [-0.2, 0) is 13.1 Å². The first kappa shape index (κ1) is 14.4. The van der Waals surface area contributed by atoms with E-state index < -0.39 is 0 Å². The molecule has 0 atom stereocenters. The van der Waals surface area contributed by atoms with Gasteiger partial charge in [0.05, 0.1) is 12.2 Å². The first-order chi connectivity index (χ1) is 9.17. The average Bonchev–Trinajstić information content (AvgIpc) is 2.85. The summed E-state index contributed by atoms with van der Waals surface area (Å²) in [4.78, 5) is 4.82. The quantitative estimate of drug-likeness (QED) is 0.786. The summed E-state index contributed by atoms with van der Waals surface area (Å²) in [5, 5.41) is 8.09. The maximum atomic E-state index is 5.53. The Labute approximate surface area is 115 Å². The Kier molecular flexibility index (Phi) is 5.30. The van der Waals surface area contributed by atoms with Crippen molar-refractivity contribution in [3.63, 3.8) is 0 Å². The topological polar surface area (TPSA) is 63.2 Å². The monoisotopic (exact) mass is 266 g/mol. The van der Waals surface area contributed by atoms with E-state index in [0.29, 0.717) is 6.54 Å². The van der Waals surface area contributed by atoms with Crippen molar-refractivity contribution < 1.29 is 0 Å². The SMILES string of the molecule is CN(C)CC1CCN(CCn2cc(CN)nn2)CC1. The van der Waals surface area contributed by atoms with Crippen molar-refractivity contribution in [2.75, 3.05) is 40.3 Å². The lowest BCUT2D eigenvalue weighted by Gasteiger charge is -2.33. The van der Waals surface area contributed by atoms with Gasteiger partial charge < -0.3 is 15.5 Å². The maximum absolute atomic E-state index is 5.53. The fraction of sp³-hybridized carbons (Fsp3) is 0.846. The second-order valence-electron chi connectivity index (χ2n) is 5.72. The third-order valence-corrected chi connectivity index (χ3v) is 3.77. The number of nitrogens with zero attached hydrogens (tertiary/aromatic N) is 5. The normalized spacial score (nSPS) is 18.3. The molecule has 0 amide bonds. The predicted molar refractivity (Wildman–Crippen MR) is 75.6 cm³/mol. The second kappa shape index (κ2) is 6.98. The van der Waals surface area contributed by atoms with Gasteiger partial charge >= 0.3 is 0 Å². The van der Waals surface area contributed by atoms with Crippen LogP contribution in [0.15, 0.2) is 6.20 Å². The van der Waals surface area contributed by atoms with Crippen LogP contribution in [0.25, 0.3) is 0 Å². The van der Waals surface area contributed by atoms with E-state index in [9.17, 15) is 0 Å². The molecule has 1 saturated heterocycles. The fourth-order valence-electron chi connectivity index (χ4n) is 2.69. The maximum Gasteiger partial charge on any atom is 0.0962 e. The van der Waals surface area contributed by atoms with E-state index in [-0.39, 0.29) is 0 Å². The molecule has 0 aromatic carbocycles. The lowest BCUT2D eigenvalue weighted by molar-refractivity contribution is 0.157. The van der Waals surface area contributed by atoms with Crippen molar-refractivity contribution in [3.05, 3.63) is 11.9 Å². The Hall–Kier alpha value is -0.980. The van der Waals surface area contributed by atoms with Crippen LogP contribution in [0.3, 0.4) is 0 Å². The molecule has 0 spiro atoms. The molecular weight excluding hydrogens is 240 g/mol. The van der Waals surface area contributed by atoms with E-state index in [1.54, 1.807) is 0 Å². The van der Waals surface area contributed by atoms with E-state index in [4.69, 9.17) is 5.73 Å². The minimum atomic E-state index is 0.468. The van der Waals surface area contributed by atoms with Gasteiger partial charge in [-0.1, -0.05) is 5.21 Å². The Morgan fingerprint density at radius 2 is 2.05 bits per heavy atom. The molecule has 0 saturated carbocycles. The molecule has 108 valence electrons. The van der Waals surface area contributed by atoms with Gasteiger partial charge in [0, 0.05) is 25.8 Å². The molecule has 0 radical (unpaired) electrons. The van der Waals surface area contributed by atoms with E-state index in [1.807, 2.05) is 10.9 Å². The molecule has 2 rings (SSSR count). The van der Waals surface area contributed by atoms with E-state index >= 15 is 0 Å². The van der Waals surface area contributed by atoms with Crippen molar-refractivity contribution in [2.45, 2.75) is 25.9 Å². The van der Waals surface area contributed by atoms with Gasteiger partial charge in [-0.2, -0.15) is 0 Å². The molecule has 2 heterocycles. The largest absolute Gasteiger partial charge is 0.325 e. The highest BCUT2D eigenvalue weighted by Gasteiger charge is 2.19. The van der Waals surface area contributed by atoms with Crippen LogP contribution in [0.4, 0.5) is 0 Å². The van der Waals surface area contributed by atoms with Crippen LogP contribution in [0, 0.1) is 5.92 Å². The summed E-state index contributed by atoms with van der Waals surface area (Å²) in [5.41, 5.74) is 6.39. The molecule has 6 heteroatoms. The zero-order valence-corrected chi connectivity index (χ0v) is 12.1. The van der Waals surface area contributed by atoms with Gasteiger partial charge in [-0.3, -0.25) is 4.68 Å². The molecule has 0 bridgehead atoms. The van der Waals surface area contributed by atoms with E-state index in [1.165, 1.54) is 32.5 Å². The van der Waals surface area contributed by atoms with E-state index in [2.05, 4.69) is 34.2 Å². The number of piperidine rings is 1. The number of hydrogen-bond acceptors (Lipinski definition) is 5. The zero-order chi connectivity index (χ0) is 13.7. The van der Waals surface area contributed by atoms with Crippen molar-refractivity contribution in [3.8, 4) is 0 Å². The number of likely N-dealkylation sites (tertiary alicyclic amines) is 1. The molecule has 0 aliphatic carbocycles. The van der Waals surface area contributed by atoms with Gasteiger partial charge in [0.2, 0.25) is 0 Å². The van der Waals surface area contributed by atoms with Crippen LogP contribution in [0.5, 0.6) is 0 Å². The van der Waals surface area contributed by atoms with E-state index in [0.717, 1.165) is 24.7 Å². The fourth-order valence-corrected chi connectivity index (χ4v) is 2.69. The summed E-state index contributed by atoms with van der Waals surface area (Å²) < 4.78 is 1.90. The molecule has 6 nitrogen and oxygen atoms in total. The molecule has 1 fully saturated rings. The summed E-state index contributed by atoms with van der Waals surface area (Å²) in [6, 6.07) is 0. The number of nitrogens with two attached hydrogens (primary N) is 1. The summed E-state index contributed by atoms with van der Waals surface area (Å²) in [6.45, 7) is 6.06. The Morgan fingerprint density at radius 3 is 2.63 bits per heavy atom. The highest BCUT2D eigenvalue weighted by Crippen LogP contribution is 2.17. The molecule has 19 heavy (non-hydrogen) atoms. The molecule has 1 aromatic rings. The highest BCUT2D eigenvalue weighted by atomic mass is 15.4. The lowest BCUT2D eigenvalue weighted by Crippen LogP contribution is -2.38. The van der Waals surface area contributed by atoms with Crippen LogP contribution >= 0.6 is 0 Å². The minimum Gasteiger partial charge on any atom is -0.325 e. The third kappa shape index (κ3) is 4.56. The standard InChI is InChI=1S/C13H26N6/c1-17(2)10-12-3-5-18(6-4-12)7-8-19-11-13(9-14)15-16-19/h11-12H,3-10,14H2,1-2H3. The van der Waals surface area contributed by atoms with Gasteiger partial charge in [0.1, 0.15) is 0 Å². The summed E-state index contributed by atoms with van der Waals surface area (Å²) in [6.07, 6.45) is 4.56. The summed E-state index contributed by atoms with van der Waals surface area (Å²) in [5.74, 6) is 0.862. The lowest BCUT2D eigenvalue weighted by atomic mass is 9.96. The molecule has 0 unspecified atom stereocenters.